The van der Waals surface area contributed by atoms with Crippen molar-refractivity contribution in [3.63, 3.8) is 0 Å². The van der Waals surface area contributed by atoms with Crippen molar-refractivity contribution in [2.24, 2.45) is 0 Å². The van der Waals surface area contributed by atoms with Crippen LogP contribution in [0.5, 0.6) is 5.75 Å². The third kappa shape index (κ3) is 4.25. The van der Waals surface area contributed by atoms with Crippen LogP contribution in [0.3, 0.4) is 0 Å². The molecule has 0 unspecified atom stereocenters. The molecule has 3 rings (SSSR count). The average Bonchev–Trinajstić information content (AvgIpc) is 3.13. The molecule has 1 amide bonds. The molecule has 128 valence electrons. The van der Waals surface area contributed by atoms with Gasteiger partial charge in [0.25, 0.3) is 0 Å². The Morgan fingerprint density at radius 2 is 1.72 bits per heavy atom. The number of anilines is 1. The zero-order valence-electron chi connectivity index (χ0n) is 14.3. The topological polar surface area (TPSA) is 51.2 Å². The van der Waals surface area contributed by atoms with E-state index in [9.17, 15) is 4.79 Å². The molecular formula is C20H20N2O2S. The molecule has 0 atom stereocenters. The van der Waals surface area contributed by atoms with E-state index in [0.29, 0.717) is 13.0 Å². The fraction of sp³-hybridized carbons (Fsp3) is 0.200. The molecule has 0 bridgehead atoms. The number of rotatable bonds is 6. The van der Waals surface area contributed by atoms with Crippen LogP contribution in [0.2, 0.25) is 0 Å². The predicted octanol–water partition coefficient (Wildman–Crippen LogP) is 5.22. The normalized spacial score (nSPS) is 10.5. The van der Waals surface area contributed by atoms with Gasteiger partial charge in [0.05, 0.1) is 12.3 Å². The summed E-state index contributed by atoms with van der Waals surface area (Å²) in [6.45, 7) is 4.47. The van der Waals surface area contributed by atoms with Crippen molar-refractivity contribution in [2.45, 2.75) is 20.3 Å². The molecule has 4 nitrogen and oxygen atoms in total. The average molecular weight is 352 g/mol. The van der Waals surface area contributed by atoms with E-state index in [1.807, 2.05) is 62.4 Å². The Morgan fingerprint density at radius 3 is 2.36 bits per heavy atom. The lowest BCUT2D eigenvalue weighted by Gasteiger charge is -2.04. The maximum Gasteiger partial charge on any atom is 0.224 e. The highest BCUT2D eigenvalue weighted by Gasteiger charge is 2.07. The zero-order chi connectivity index (χ0) is 17.6. The van der Waals surface area contributed by atoms with Crippen molar-refractivity contribution in [3.8, 4) is 27.6 Å². The van der Waals surface area contributed by atoms with Gasteiger partial charge in [-0.1, -0.05) is 6.92 Å². The zero-order valence-corrected chi connectivity index (χ0v) is 15.1. The lowest BCUT2D eigenvalue weighted by molar-refractivity contribution is -0.115. The van der Waals surface area contributed by atoms with Crippen molar-refractivity contribution in [3.05, 3.63) is 53.9 Å². The summed E-state index contributed by atoms with van der Waals surface area (Å²) in [6.07, 6.45) is 0.472. The van der Waals surface area contributed by atoms with Crippen LogP contribution in [-0.2, 0) is 4.79 Å². The van der Waals surface area contributed by atoms with E-state index in [1.165, 1.54) is 0 Å². The van der Waals surface area contributed by atoms with Crippen LogP contribution in [0.15, 0.2) is 53.9 Å². The minimum absolute atomic E-state index is 0.0137. The van der Waals surface area contributed by atoms with Gasteiger partial charge in [-0.25, -0.2) is 4.98 Å². The van der Waals surface area contributed by atoms with Crippen molar-refractivity contribution < 1.29 is 9.53 Å². The first-order chi connectivity index (χ1) is 12.2. The van der Waals surface area contributed by atoms with Crippen LogP contribution in [0.4, 0.5) is 5.69 Å². The van der Waals surface area contributed by atoms with Gasteiger partial charge in [-0.15, -0.1) is 11.3 Å². The molecule has 3 aromatic rings. The minimum atomic E-state index is 0.0137. The fourth-order valence-electron chi connectivity index (χ4n) is 2.37. The van der Waals surface area contributed by atoms with Gasteiger partial charge in [0, 0.05) is 28.6 Å². The first-order valence-corrected chi connectivity index (χ1v) is 9.16. The number of hydrogen-bond acceptors (Lipinski definition) is 4. The van der Waals surface area contributed by atoms with Crippen LogP contribution in [0, 0.1) is 0 Å². The fourth-order valence-corrected chi connectivity index (χ4v) is 3.21. The Bertz CT molecular complexity index is 839. The molecule has 0 radical (unpaired) electrons. The highest BCUT2D eigenvalue weighted by molar-refractivity contribution is 7.13. The number of benzene rings is 2. The predicted molar refractivity (Wildman–Crippen MR) is 103 cm³/mol. The van der Waals surface area contributed by atoms with E-state index in [4.69, 9.17) is 9.72 Å². The van der Waals surface area contributed by atoms with E-state index < -0.39 is 0 Å². The Kier molecular flexibility index (Phi) is 5.46. The minimum Gasteiger partial charge on any atom is -0.494 e. The second-order valence-corrected chi connectivity index (χ2v) is 6.33. The number of amides is 1. The van der Waals surface area contributed by atoms with E-state index >= 15 is 0 Å². The van der Waals surface area contributed by atoms with Gasteiger partial charge in [0.1, 0.15) is 10.8 Å². The van der Waals surface area contributed by atoms with Crippen LogP contribution in [0.25, 0.3) is 21.8 Å². The molecule has 25 heavy (non-hydrogen) atoms. The molecule has 1 N–H and O–H groups in total. The van der Waals surface area contributed by atoms with Crippen LogP contribution >= 0.6 is 11.3 Å². The van der Waals surface area contributed by atoms with Crippen molar-refractivity contribution in [1.82, 2.24) is 4.98 Å². The van der Waals surface area contributed by atoms with Gasteiger partial charge in [-0.3, -0.25) is 4.79 Å². The SMILES string of the molecule is CCOc1ccc(-c2csc(-c3ccc(NC(=O)CC)cc3)n2)cc1. The first kappa shape index (κ1) is 17.2. The van der Waals surface area contributed by atoms with Gasteiger partial charge in [0.15, 0.2) is 0 Å². The second-order valence-electron chi connectivity index (χ2n) is 5.47. The Morgan fingerprint density at radius 1 is 1.04 bits per heavy atom. The van der Waals surface area contributed by atoms with Gasteiger partial charge in [-0.05, 0) is 55.5 Å². The van der Waals surface area contributed by atoms with Crippen LogP contribution < -0.4 is 10.1 Å². The molecule has 0 saturated carbocycles. The molecule has 5 heteroatoms. The molecule has 0 spiro atoms. The summed E-state index contributed by atoms with van der Waals surface area (Å²) >= 11 is 1.61. The van der Waals surface area contributed by atoms with Gasteiger partial charge >= 0.3 is 0 Å². The highest BCUT2D eigenvalue weighted by Crippen LogP contribution is 2.30. The summed E-state index contributed by atoms with van der Waals surface area (Å²) in [4.78, 5) is 16.2. The number of carbonyl (C=O) groups excluding carboxylic acids is 1. The Hall–Kier alpha value is -2.66. The quantitative estimate of drug-likeness (QED) is 0.661. The van der Waals surface area contributed by atoms with Crippen LogP contribution in [0.1, 0.15) is 20.3 Å². The molecule has 0 aliphatic carbocycles. The third-order valence-electron chi connectivity index (χ3n) is 3.70. The number of thiazole rings is 1. The Labute approximate surface area is 151 Å². The number of carbonyl (C=O) groups is 1. The summed E-state index contributed by atoms with van der Waals surface area (Å²) in [5.41, 5.74) is 3.86. The van der Waals surface area contributed by atoms with Crippen molar-refractivity contribution >= 4 is 22.9 Å². The molecular weight excluding hydrogens is 332 g/mol. The molecule has 0 aliphatic rings. The van der Waals surface area contributed by atoms with E-state index in [0.717, 1.165) is 33.3 Å². The summed E-state index contributed by atoms with van der Waals surface area (Å²) < 4.78 is 5.47. The van der Waals surface area contributed by atoms with Crippen molar-refractivity contribution in [1.29, 1.82) is 0 Å². The van der Waals surface area contributed by atoms with Crippen molar-refractivity contribution in [2.75, 3.05) is 11.9 Å². The lowest BCUT2D eigenvalue weighted by atomic mass is 10.1. The standard InChI is InChI=1S/C20H20N2O2S/c1-3-19(23)21-16-9-5-15(6-10-16)20-22-18(13-25-20)14-7-11-17(12-8-14)24-4-2/h5-13H,3-4H2,1-2H3,(H,21,23). The number of ether oxygens (including phenoxy) is 1. The number of nitrogens with one attached hydrogen (secondary N) is 1. The molecule has 2 aromatic carbocycles. The summed E-state index contributed by atoms with van der Waals surface area (Å²) in [5, 5.41) is 5.86. The van der Waals surface area contributed by atoms with E-state index in [2.05, 4.69) is 10.7 Å². The maximum absolute atomic E-state index is 11.4. The lowest BCUT2D eigenvalue weighted by Crippen LogP contribution is -2.08. The summed E-state index contributed by atoms with van der Waals surface area (Å²) in [6, 6.07) is 15.7. The van der Waals surface area contributed by atoms with Gasteiger partial charge < -0.3 is 10.1 Å². The highest BCUT2D eigenvalue weighted by atomic mass is 32.1. The second kappa shape index (κ2) is 7.94. The van der Waals surface area contributed by atoms with Crippen LogP contribution in [-0.4, -0.2) is 17.5 Å². The van der Waals surface area contributed by atoms with E-state index in [-0.39, 0.29) is 5.91 Å². The first-order valence-electron chi connectivity index (χ1n) is 8.28. The number of hydrogen-bond donors (Lipinski definition) is 1. The molecule has 0 fully saturated rings. The third-order valence-corrected chi connectivity index (χ3v) is 4.59. The monoisotopic (exact) mass is 352 g/mol. The molecule has 0 aliphatic heterocycles. The largest absolute Gasteiger partial charge is 0.494 e. The number of nitrogens with zero attached hydrogens (tertiary/aromatic N) is 1. The summed E-state index contributed by atoms with van der Waals surface area (Å²) in [7, 11) is 0. The summed E-state index contributed by atoms with van der Waals surface area (Å²) in [5.74, 6) is 0.881. The number of aromatic nitrogens is 1. The Balaban J connectivity index is 1.75. The van der Waals surface area contributed by atoms with Gasteiger partial charge in [-0.2, -0.15) is 0 Å². The molecule has 1 aromatic heterocycles. The molecule has 0 saturated heterocycles. The van der Waals surface area contributed by atoms with E-state index in [1.54, 1.807) is 11.3 Å². The smallest absolute Gasteiger partial charge is 0.224 e. The maximum atomic E-state index is 11.4. The van der Waals surface area contributed by atoms with Gasteiger partial charge in [0.2, 0.25) is 5.91 Å². The molecule has 1 heterocycles.